The van der Waals surface area contributed by atoms with Gasteiger partial charge in [0, 0.05) is 31.2 Å². The number of likely N-dealkylation sites (N-methyl/N-ethyl adjacent to an activating group) is 1. The number of nitrogens with zero attached hydrogens (tertiary/aromatic N) is 2. The van der Waals surface area contributed by atoms with Crippen LogP contribution in [0.15, 0.2) is 31.0 Å². The zero-order valence-electron chi connectivity index (χ0n) is 10.5. The molecule has 0 saturated heterocycles. The molecule has 1 aromatic heterocycles. The minimum absolute atomic E-state index is 0.0271. The van der Waals surface area contributed by atoms with Crippen molar-refractivity contribution in [2.75, 3.05) is 14.1 Å². The lowest BCUT2D eigenvalue weighted by molar-refractivity contribution is -0.129. The van der Waals surface area contributed by atoms with Crippen LogP contribution in [0.3, 0.4) is 0 Å². The number of carbonyl (C=O) groups excluding carboxylic acids is 1. The lowest BCUT2D eigenvalue weighted by Crippen LogP contribution is -2.25. The highest BCUT2D eigenvalue weighted by Gasteiger charge is 2.10. The van der Waals surface area contributed by atoms with E-state index in [0.29, 0.717) is 11.1 Å². The van der Waals surface area contributed by atoms with Crippen molar-refractivity contribution >= 4 is 22.9 Å². The number of hydrogen-bond donors (Lipinski definition) is 0. The first-order chi connectivity index (χ1) is 8.52. The predicted octanol–water partition coefficient (Wildman–Crippen LogP) is 2.51. The Morgan fingerprint density at radius 2 is 2.22 bits per heavy atom. The standard InChI is InChI=1S/C14H15FN2O/c1-4-10-7-11-5-6-17(9-14(18)16(2)3)13(11)8-12(10)15/h4-8H,1,9H2,2-3H3. The Morgan fingerprint density at radius 1 is 1.50 bits per heavy atom. The van der Waals surface area contributed by atoms with Crippen LogP contribution in [0.4, 0.5) is 4.39 Å². The fraction of sp³-hybridized carbons (Fsp3) is 0.214. The molecule has 3 nitrogen and oxygen atoms in total. The van der Waals surface area contributed by atoms with Gasteiger partial charge in [-0.25, -0.2) is 4.39 Å². The summed E-state index contributed by atoms with van der Waals surface area (Å²) >= 11 is 0. The van der Waals surface area contributed by atoms with Crippen LogP contribution < -0.4 is 0 Å². The smallest absolute Gasteiger partial charge is 0.241 e. The second-order valence-corrected chi connectivity index (χ2v) is 4.37. The quantitative estimate of drug-likeness (QED) is 0.817. The van der Waals surface area contributed by atoms with Crippen LogP contribution in [-0.4, -0.2) is 29.5 Å². The van der Waals surface area contributed by atoms with E-state index < -0.39 is 0 Å². The average molecular weight is 246 g/mol. The van der Waals surface area contributed by atoms with Crippen LogP contribution in [0.5, 0.6) is 0 Å². The molecule has 0 N–H and O–H groups in total. The first kappa shape index (κ1) is 12.4. The fourth-order valence-electron chi connectivity index (χ4n) is 1.81. The number of aromatic nitrogens is 1. The van der Waals surface area contributed by atoms with Gasteiger partial charge in [0.05, 0.1) is 5.52 Å². The summed E-state index contributed by atoms with van der Waals surface area (Å²) in [6.07, 6.45) is 3.27. The van der Waals surface area contributed by atoms with Crippen LogP contribution in [0, 0.1) is 5.82 Å². The molecular weight excluding hydrogens is 231 g/mol. The van der Waals surface area contributed by atoms with E-state index in [9.17, 15) is 9.18 Å². The third kappa shape index (κ3) is 2.14. The first-order valence-corrected chi connectivity index (χ1v) is 5.64. The van der Waals surface area contributed by atoms with Crippen LogP contribution in [0.1, 0.15) is 5.56 Å². The maximum atomic E-state index is 13.7. The highest BCUT2D eigenvalue weighted by molar-refractivity contribution is 5.85. The minimum Gasteiger partial charge on any atom is -0.347 e. The second kappa shape index (κ2) is 4.64. The number of hydrogen-bond acceptors (Lipinski definition) is 1. The van der Waals surface area contributed by atoms with Crippen molar-refractivity contribution in [2.24, 2.45) is 0 Å². The molecule has 0 atom stereocenters. The summed E-state index contributed by atoms with van der Waals surface area (Å²) in [7, 11) is 3.40. The van der Waals surface area contributed by atoms with E-state index in [1.165, 1.54) is 17.0 Å². The topological polar surface area (TPSA) is 25.2 Å². The summed E-state index contributed by atoms with van der Waals surface area (Å²) in [5.74, 6) is -0.351. The van der Waals surface area contributed by atoms with Crippen molar-refractivity contribution in [3.63, 3.8) is 0 Å². The van der Waals surface area contributed by atoms with Gasteiger partial charge in [-0.3, -0.25) is 4.79 Å². The van der Waals surface area contributed by atoms with Gasteiger partial charge in [0.2, 0.25) is 5.91 Å². The molecule has 4 heteroatoms. The van der Waals surface area contributed by atoms with Gasteiger partial charge in [0.15, 0.2) is 0 Å². The minimum atomic E-state index is -0.324. The van der Waals surface area contributed by atoms with E-state index in [0.717, 1.165) is 5.39 Å². The van der Waals surface area contributed by atoms with E-state index >= 15 is 0 Å². The van der Waals surface area contributed by atoms with Crippen molar-refractivity contribution in [3.05, 3.63) is 42.4 Å². The van der Waals surface area contributed by atoms with Gasteiger partial charge in [0.1, 0.15) is 12.4 Å². The van der Waals surface area contributed by atoms with Crippen LogP contribution in [0.2, 0.25) is 0 Å². The molecule has 0 aliphatic rings. The Balaban J connectivity index is 2.45. The van der Waals surface area contributed by atoms with E-state index in [-0.39, 0.29) is 18.3 Å². The molecule has 18 heavy (non-hydrogen) atoms. The second-order valence-electron chi connectivity index (χ2n) is 4.37. The molecule has 2 rings (SSSR count). The zero-order valence-corrected chi connectivity index (χ0v) is 10.5. The number of benzene rings is 1. The molecule has 0 fully saturated rings. The van der Waals surface area contributed by atoms with E-state index in [1.54, 1.807) is 30.9 Å². The Bertz CT molecular complexity index is 614. The number of halogens is 1. The molecule has 1 aromatic carbocycles. The van der Waals surface area contributed by atoms with Crippen molar-refractivity contribution in [3.8, 4) is 0 Å². The van der Waals surface area contributed by atoms with Crippen molar-refractivity contribution in [1.82, 2.24) is 9.47 Å². The molecule has 0 aliphatic carbocycles. The molecule has 94 valence electrons. The van der Waals surface area contributed by atoms with Crippen molar-refractivity contribution < 1.29 is 9.18 Å². The lowest BCUT2D eigenvalue weighted by atomic mass is 10.1. The number of carbonyl (C=O) groups is 1. The predicted molar refractivity (Wildman–Crippen MR) is 70.7 cm³/mol. The van der Waals surface area contributed by atoms with Crippen molar-refractivity contribution in [2.45, 2.75) is 6.54 Å². The highest BCUT2D eigenvalue weighted by atomic mass is 19.1. The molecule has 0 radical (unpaired) electrons. The number of rotatable bonds is 3. The molecular formula is C14H15FN2O. The largest absolute Gasteiger partial charge is 0.347 e. The summed E-state index contributed by atoms with van der Waals surface area (Å²) < 4.78 is 15.4. The Hall–Kier alpha value is -2.10. The molecule has 2 aromatic rings. The average Bonchev–Trinajstić information content (AvgIpc) is 2.70. The molecule has 0 bridgehead atoms. The van der Waals surface area contributed by atoms with Gasteiger partial charge in [-0.2, -0.15) is 0 Å². The maximum absolute atomic E-state index is 13.7. The zero-order chi connectivity index (χ0) is 13.3. The molecule has 0 unspecified atom stereocenters. The summed E-state index contributed by atoms with van der Waals surface area (Å²) in [5.41, 5.74) is 1.19. The van der Waals surface area contributed by atoms with Crippen LogP contribution in [-0.2, 0) is 11.3 Å². The summed E-state index contributed by atoms with van der Waals surface area (Å²) in [6, 6.07) is 5.04. The number of fused-ring (bicyclic) bond motifs is 1. The first-order valence-electron chi connectivity index (χ1n) is 5.64. The Morgan fingerprint density at radius 3 is 2.83 bits per heavy atom. The van der Waals surface area contributed by atoms with Gasteiger partial charge >= 0.3 is 0 Å². The third-order valence-corrected chi connectivity index (χ3v) is 2.91. The Labute approximate surface area is 105 Å². The molecule has 0 saturated carbocycles. The summed E-state index contributed by atoms with van der Waals surface area (Å²) in [5, 5.41) is 0.901. The van der Waals surface area contributed by atoms with Crippen LogP contribution >= 0.6 is 0 Å². The molecule has 0 spiro atoms. The highest BCUT2D eigenvalue weighted by Crippen LogP contribution is 2.21. The van der Waals surface area contributed by atoms with E-state index in [4.69, 9.17) is 0 Å². The fourth-order valence-corrected chi connectivity index (χ4v) is 1.81. The van der Waals surface area contributed by atoms with Gasteiger partial charge in [-0.05, 0) is 18.2 Å². The van der Waals surface area contributed by atoms with Crippen LogP contribution in [0.25, 0.3) is 17.0 Å². The van der Waals surface area contributed by atoms with Gasteiger partial charge in [-0.15, -0.1) is 0 Å². The van der Waals surface area contributed by atoms with Crippen molar-refractivity contribution in [1.29, 1.82) is 0 Å². The SMILES string of the molecule is C=Cc1cc2ccn(CC(=O)N(C)C)c2cc1F. The van der Waals surface area contributed by atoms with Gasteiger partial charge in [-0.1, -0.05) is 12.7 Å². The van der Waals surface area contributed by atoms with E-state index in [2.05, 4.69) is 6.58 Å². The normalized spacial score (nSPS) is 10.6. The number of amides is 1. The monoisotopic (exact) mass is 246 g/mol. The molecule has 1 amide bonds. The third-order valence-electron chi connectivity index (χ3n) is 2.91. The molecule has 0 aliphatic heterocycles. The van der Waals surface area contributed by atoms with Gasteiger partial charge in [0.25, 0.3) is 0 Å². The van der Waals surface area contributed by atoms with E-state index in [1.807, 2.05) is 6.07 Å². The van der Waals surface area contributed by atoms with Gasteiger partial charge < -0.3 is 9.47 Å². The maximum Gasteiger partial charge on any atom is 0.241 e. The Kier molecular flexibility index (Phi) is 3.19. The lowest BCUT2D eigenvalue weighted by Gasteiger charge is -2.11. The summed E-state index contributed by atoms with van der Waals surface area (Å²) in [4.78, 5) is 13.2. The summed E-state index contributed by atoms with van der Waals surface area (Å²) in [6.45, 7) is 3.78. The molecule has 1 heterocycles.